The molecule has 1 saturated heterocycles. The van der Waals surface area contributed by atoms with Crippen LogP contribution < -0.4 is 5.73 Å². The van der Waals surface area contributed by atoms with E-state index in [4.69, 9.17) is 5.73 Å². The molecule has 1 fully saturated rings. The van der Waals surface area contributed by atoms with Gasteiger partial charge in [0.25, 0.3) is 0 Å². The van der Waals surface area contributed by atoms with E-state index in [9.17, 15) is 13.2 Å². The van der Waals surface area contributed by atoms with E-state index in [-0.39, 0.29) is 11.9 Å². The van der Waals surface area contributed by atoms with E-state index in [0.29, 0.717) is 5.56 Å². The first-order chi connectivity index (χ1) is 14.4. The molecule has 2 aromatic heterocycles. The van der Waals surface area contributed by atoms with Crippen LogP contribution in [0.4, 0.5) is 19.1 Å². The third-order valence-corrected chi connectivity index (χ3v) is 5.38. The summed E-state index contributed by atoms with van der Waals surface area (Å²) in [5, 5.41) is 0. The van der Waals surface area contributed by atoms with Crippen LogP contribution in [-0.4, -0.2) is 32.9 Å². The Kier molecular flexibility index (Phi) is 5.67. The van der Waals surface area contributed by atoms with Gasteiger partial charge in [0.15, 0.2) is 0 Å². The number of piperidine rings is 1. The number of likely N-dealkylation sites (tertiary alicyclic amines) is 1. The predicted octanol–water partition coefficient (Wildman–Crippen LogP) is 4.52. The van der Waals surface area contributed by atoms with Crippen molar-refractivity contribution in [1.29, 1.82) is 0 Å². The topological polar surface area (TPSA) is 67.9 Å². The average Bonchev–Trinajstić information content (AvgIpc) is 2.74. The maximum atomic E-state index is 12.9. The van der Waals surface area contributed by atoms with Crippen LogP contribution in [0.5, 0.6) is 0 Å². The summed E-state index contributed by atoms with van der Waals surface area (Å²) in [5.41, 5.74) is 8.50. The molecule has 1 aromatic carbocycles. The van der Waals surface area contributed by atoms with E-state index < -0.39 is 11.7 Å². The highest BCUT2D eigenvalue weighted by Crippen LogP contribution is 2.35. The Morgan fingerprint density at radius 1 is 1.10 bits per heavy atom. The van der Waals surface area contributed by atoms with E-state index in [0.717, 1.165) is 61.4 Å². The standard InChI is InChI=1S/C22H22F3N5/c23-22(24,25)18-7-5-16(6-8-18)19-12-28-21(26)29-20(19)17-4-2-10-30(14-17)13-15-3-1-9-27-11-15/h1,3,5-9,11-12,17H,2,4,10,13-14H2,(H2,26,28,29). The van der Waals surface area contributed by atoms with Crippen molar-refractivity contribution in [1.82, 2.24) is 19.9 Å². The number of aromatic nitrogens is 3. The molecule has 0 amide bonds. The molecule has 0 saturated carbocycles. The molecule has 1 unspecified atom stereocenters. The number of nitrogens with zero attached hydrogens (tertiary/aromatic N) is 4. The zero-order valence-electron chi connectivity index (χ0n) is 16.3. The van der Waals surface area contributed by atoms with Gasteiger partial charge in [-0.1, -0.05) is 18.2 Å². The Labute approximate surface area is 172 Å². The van der Waals surface area contributed by atoms with Crippen molar-refractivity contribution in [3.63, 3.8) is 0 Å². The number of nitrogens with two attached hydrogens (primary N) is 1. The van der Waals surface area contributed by atoms with Crippen LogP contribution in [0.3, 0.4) is 0 Å². The molecule has 3 heterocycles. The Balaban J connectivity index is 1.60. The molecule has 0 bridgehead atoms. The summed E-state index contributed by atoms with van der Waals surface area (Å²) in [4.78, 5) is 15.1. The molecule has 8 heteroatoms. The number of hydrogen-bond acceptors (Lipinski definition) is 5. The minimum atomic E-state index is -4.37. The van der Waals surface area contributed by atoms with Gasteiger partial charge in [0.2, 0.25) is 5.95 Å². The van der Waals surface area contributed by atoms with Crippen molar-refractivity contribution >= 4 is 5.95 Å². The fraction of sp³-hybridized carbons (Fsp3) is 0.318. The summed E-state index contributed by atoms with van der Waals surface area (Å²) in [7, 11) is 0. The summed E-state index contributed by atoms with van der Waals surface area (Å²) < 4.78 is 38.7. The maximum absolute atomic E-state index is 12.9. The molecular weight excluding hydrogens is 391 g/mol. The monoisotopic (exact) mass is 413 g/mol. The molecule has 1 aliphatic heterocycles. The maximum Gasteiger partial charge on any atom is 0.416 e. The van der Waals surface area contributed by atoms with Crippen molar-refractivity contribution in [2.75, 3.05) is 18.8 Å². The van der Waals surface area contributed by atoms with Crippen LogP contribution in [-0.2, 0) is 12.7 Å². The first-order valence-corrected chi connectivity index (χ1v) is 9.81. The van der Waals surface area contributed by atoms with Crippen molar-refractivity contribution in [2.24, 2.45) is 0 Å². The Morgan fingerprint density at radius 2 is 1.90 bits per heavy atom. The lowest BCUT2D eigenvalue weighted by molar-refractivity contribution is -0.137. The summed E-state index contributed by atoms with van der Waals surface area (Å²) in [5.74, 6) is 0.294. The molecule has 0 radical (unpaired) electrons. The fourth-order valence-corrected chi connectivity index (χ4v) is 3.95. The molecule has 30 heavy (non-hydrogen) atoms. The van der Waals surface area contributed by atoms with E-state index in [1.165, 1.54) is 12.1 Å². The van der Waals surface area contributed by atoms with Crippen molar-refractivity contribution in [3.8, 4) is 11.1 Å². The molecular formula is C22H22F3N5. The number of halogens is 3. The Bertz CT molecular complexity index is 990. The molecule has 1 aliphatic rings. The minimum absolute atomic E-state index is 0.123. The van der Waals surface area contributed by atoms with Gasteiger partial charge in [-0.15, -0.1) is 0 Å². The molecule has 0 spiro atoms. The first-order valence-electron chi connectivity index (χ1n) is 9.81. The third kappa shape index (κ3) is 4.59. The molecule has 2 N–H and O–H groups in total. The summed E-state index contributed by atoms with van der Waals surface area (Å²) in [6.45, 7) is 2.56. The third-order valence-electron chi connectivity index (χ3n) is 5.38. The van der Waals surface area contributed by atoms with Gasteiger partial charge in [-0.3, -0.25) is 9.88 Å². The Hall–Kier alpha value is -3.00. The number of benzene rings is 1. The molecule has 5 nitrogen and oxygen atoms in total. The highest BCUT2D eigenvalue weighted by Gasteiger charge is 2.30. The van der Waals surface area contributed by atoms with Gasteiger partial charge in [-0.25, -0.2) is 9.97 Å². The van der Waals surface area contributed by atoms with Gasteiger partial charge >= 0.3 is 6.18 Å². The van der Waals surface area contributed by atoms with Crippen LogP contribution in [0, 0.1) is 0 Å². The van der Waals surface area contributed by atoms with E-state index in [1.54, 1.807) is 12.4 Å². The minimum Gasteiger partial charge on any atom is -0.368 e. The second kappa shape index (κ2) is 8.39. The summed E-state index contributed by atoms with van der Waals surface area (Å²) >= 11 is 0. The van der Waals surface area contributed by atoms with Crippen LogP contribution in [0.1, 0.15) is 35.6 Å². The van der Waals surface area contributed by atoms with Crippen LogP contribution in [0.25, 0.3) is 11.1 Å². The van der Waals surface area contributed by atoms with Crippen molar-refractivity contribution < 1.29 is 13.2 Å². The quantitative estimate of drug-likeness (QED) is 0.681. The highest BCUT2D eigenvalue weighted by molar-refractivity contribution is 5.66. The van der Waals surface area contributed by atoms with Crippen molar-refractivity contribution in [2.45, 2.75) is 31.5 Å². The average molecular weight is 413 g/mol. The molecule has 4 rings (SSSR count). The van der Waals surface area contributed by atoms with E-state index in [2.05, 4.69) is 19.9 Å². The van der Waals surface area contributed by atoms with Crippen LogP contribution in [0.2, 0.25) is 0 Å². The number of rotatable bonds is 4. The Morgan fingerprint density at radius 3 is 2.60 bits per heavy atom. The van der Waals surface area contributed by atoms with Gasteiger partial charge in [0.1, 0.15) is 0 Å². The van der Waals surface area contributed by atoms with Crippen LogP contribution in [0.15, 0.2) is 55.0 Å². The largest absolute Gasteiger partial charge is 0.416 e. The number of nitrogen functional groups attached to an aromatic ring is 1. The summed E-state index contributed by atoms with van der Waals surface area (Å²) in [6.07, 6.45) is 2.80. The number of hydrogen-bond donors (Lipinski definition) is 1. The SMILES string of the molecule is Nc1ncc(-c2ccc(C(F)(F)F)cc2)c(C2CCCN(Cc3cccnc3)C2)n1. The normalized spacial score (nSPS) is 17.8. The summed E-state index contributed by atoms with van der Waals surface area (Å²) in [6, 6.07) is 9.09. The lowest BCUT2D eigenvalue weighted by Gasteiger charge is -2.33. The highest BCUT2D eigenvalue weighted by atomic mass is 19.4. The van der Waals surface area contributed by atoms with Crippen LogP contribution >= 0.6 is 0 Å². The molecule has 156 valence electrons. The van der Waals surface area contributed by atoms with Gasteiger partial charge in [0.05, 0.1) is 11.3 Å². The fourth-order valence-electron chi connectivity index (χ4n) is 3.95. The second-order valence-electron chi connectivity index (χ2n) is 7.54. The lowest BCUT2D eigenvalue weighted by atomic mass is 9.89. The molecule has 3 aromatic rings. The predicted molar refractivity (Wildman–Crippen MR) is 108 cm³/mol. The number of pyridine rings is 1. The van der Waals surface area contributed by atoms with Gasteiger partial charge < -0.3 is 5.73 Å². The number of alkyl halides is 3. The molecule has 1 atom stereocenters. The zero-order chi connectivity index (χ0) is 21.1. The first kappa shape index (κ1) is 20.3. The van der Waals surface area contributed by atoms with Gasteiger partial charge in [0, 0.05) is 43.2 Å². The van der Waals surface area contributed by atoms with E-state index >= 15 is 0 Å². The van der Waals surface area contributed by atoms with Gasteiger partial charge in [-0.05, 0) is 48.7 Å². The molecule has 0 aliphatic carbocycles. The zero-order valence-corrected chi connectivity index (χ0v) is 16.3. The van der Waals surface area contributed by atoms with Gasteiger partial charge in [-0.2, -0.15) is 13.2 Å². The second-order valence-corrected chi connectivity index (χ2v) is 7.54. The van der Waals surface area contributed by atoms with Crippen molar-refractivity contribution in [3.05, 3.63) is 71.8 Å². The van der Waals surface area contributed by atoms with E-state index in [1.807, 2.05) is 18.3 Å². The number of anilines is 1. The lowest BCUT2D eigenvalue weighted by Crippen LogP contribution is -2.34. The smallest absolute Gasteiger partial charge is 0.368 e.